The molecule has 0 unspecified atom stereocenters. The first-order valence-corrected chi connectivity index (χ1v) is 9.56. The van der Waals surface area contributed by atoms with Crippen LogP contribution in [-0.2, 0) is 16.0 Å². The molecular weight excluding hydrogens is 326 g/mol. The minimum Gasteiger partial charge on any atom is -0.379 e. The van der Waals surface area contributed by atoms with Crippen molar-refractivity contribution in [1.82, 2.24) is 10.2 Å². The highest BCUT2D eigenvalue weighted by atomic mass is 32.1. The zero-order valence-corrected chi connectivity index (χ0v) is 14.6. The van der Waals surface area contributed by atoms with E-state index in [0.717, 1.165) is 69.2 Å². The topological polar surface area (TPSA) is 61.9 Å². The van der Waals surface area contributed by atoms with Crippen LogP contribution in [0.1, 0.15) is 27.4 Å². The number of morpholine rings is 1. The second-order valence-corrected chi connectivity index (χ2v) is 7.78. The largest absolute Gasteiger partial charge is 0.379 e. The van der Waals surface area contributed by atoms with Gasteiger partial charge in [-0.15, -0.1) is 11.3 Å². The quantitative estimate of drug-likeness (QED) is 0.865. The second-order valence-electron chi connectivity index (χ2n) is 6.64. The lowest BCUT2D eigenvalue weighted by Gasteiger charge is -2.26. The van der Waals surface area contributed by atoms with Gasteiger partial charge >= 0.3 is 0 Å². The molecule has 1 aromatic rings. The molecule has 2 amide bonds. The van der Waals surface area contributed by atoms with Gasteiger partial charge in [0.1, 0.15) is 0 Å². The van der Waals surface area contributed by atoms with Crippen molar-refractivity contribution in [2.24, 2.45) is 5.92 Å². The molecule has 1 N–H and O–H groups in total. The Hall–Kier alpha value is -1.44. The summed E-state index contributed by atoms with van der Waals surface area (Å²) in [4.78, 5) is 30.7. The van der Waals surface area contributed by atoms with Gasteiger partial charge in [0.15, 0.2) is 0 Å². The highest BCUT2D eigenvalue weighted by molar-refractivity contribution is 7.14. The number of rotatable bonds is 5. The molecule has 2 fully saturated rings. The molecule has 0 atom stereocenters. The molecule has 4 rings (SSSR count). The predicted octanol–water partition coefficient (Wildman–Crippen LogP) is 1.11. The molecule has 0 aromatic carbocycles. The third kappa shape index (κ3) is 3.34. The summed E-state index contributed by atoms with van der Waals surface area (Å²) in [7, 11) is 0. The van der Waals surface area contributed by atoms with E-state index >= 15 is 0 Å². The summed E-state index contributed by atoms with van der Waals surface area (Å²) in [5.41, 5.74) is 0.968. The molecule has 130 valence electrons. The van der Waals surface area contributed by atoms with Crippen molar-refractivity contribution in [1.29, 1.82) is 0 Å². The summed E-state index contributed by atoms with van der Waals surface area (Å²) in [5, 5.41) is 3.00. The van der Waals surface area contributed by atoms with E-state index in [0.29, 0.717) is 6.54 Å². The number of fused-ring (bicyclic) bond motifs is 1. The van der Waals surface area contributed by atoms with E-state index < -0.39 is 0 Å². The number of nitrogens with one attached hydrogen (secondary N) is 1. The Kier molecular flexibility index (Phi) is 4.56. The Balaban J connectivity index is 1.32. The minimum atomic E-state index is -0.0264. The van der Waals surface area contributed by atoms with Crippen LogP contribution in [0.25, 0.3) is 0 Å². The van der Waals surface area contributed by atoms with Gasteiger partial charge in [-0.25, -0.2) is 0 Å². The average Bonchev–Trinajstić information content (AvgIpc) is 3.24. The molecule has 0 spiro atoms. The molecule has 1 aromatic heterocycles. The fraction of sp³-hybridized carbons (Fsp3) is 0.647. The second kappa shape index (κ2) is 6.82. The molecule has 2 aliphatic heterocycles. The van der Waals surface area contributed by atoms with E-state index in [1.807, 2.05) is 11.0 Å². The summed E-state index contributed by atoms with van der Waals surface area (Å²) >= 11 is 1.53. The van der Waals surface area contributed by atoms with Gasteiger partial charge in [0.05, 0.1) is 23.8 Å². The SMILES string of the molecule is O=C(NCCN1CCOCC1)c1cc2c(s1)CCN2C(=O)C1CC1. The van der Waals surface area contributed by atoms with Crippen LogP contribution < -0.4 is 10.2 Å². The Morgan fingerprint density at radius 1 is 1.25 bits per heavy atom. The van der Waals surface area contributed by atoms with E-state index in [9.17, 15) is 9.59 Å². The lowest BCUT2D eigenvalue weighted by Crippen LogP contribution is -2.41. The fourth-order valence-corrected chi connectivity index (χ4v) is 4.36. The number of nitrogens with zero attached hydrogens (tertiary/aromatic N) is 2. The van der Waals surface area contributed by atoms with Crippen molar-refractivity contribution in [2.75, 3.05) is 50.8 Å². The molecule has 1 aliphatic carbocycles. The lowest BCUT2D eigenvalue weighted by molar-refractivity contribution is -0.119. The van der Waals surface area contributed by atoms with Gasteiger partial charge in [0.25, 0.3) is 5.91 Å². The Bertz CT molecular complexity index is 635. The normalized spacial score (nSPS) is 20.9. The van der Waals surface area contributed by atoms with Crippen LogP contribution in [0.15, 0.2) is 6.07 Å². The fourth-order valence-electron chi connectivity index (χ4n) is 3.29. The van der Waals surface area contributed by atoms with Crippen molar-refractivity contribution in [3.05, 3.63) is 15.8 Å². The van der Waals surface area contributed by atoms with Crippen LogP contribution in [0, 0.1) is 5.92 Å². The molecule has 1 saturated heterocycles. The van der Waals surface area contributed by atoms with Crippen molar-refractivity contribution >= 4 is 28.8 Å². The summed E-state index contributed by atoms with van der Waals surface area (Å²) in [5.74, 6) is 0.439. The Labute approximate surface area is 145 Å². The van der Waals surface area contributed by atoms with Crippen LogP contribution in [0.2, 0.25) is 0 Å². The minimum absolute atomic E-state index is 0.0264. The average molecular weight is 349 g/mol. The molecule has 0 bridgehead atoms. The van der Waals surface area contributed by atoms with Crippen LogP contribution >= 0.6 is 11.3 Å². The standard InChI is InChI=1S/C17H23N3O3S/c21-16(18-4-6-19-7-9-23-10-8-19)15-11-13-14(24-15)3-5-20(13)17(22)12-1-2-12/h11-12H,1-10H2,(H,18,21). The van der Waals surface area contributed by atoms with Gasteiger partial charge in [0, 0.05) is 49.9 Å². The van der Waals surface area contributed by atoms with E-state index in [4.69, 9.17) is 4.74 Å². The number of ether oxygens (including phenoxy) is 1. The van der Waals surface area contributed by atoms with Gasteiger partial charge < -0.3 is 15.0 Å². The highest BCUT2D eigenvalue weighted by Crippen LogP contribution is 2.40. The van der Waals surface area contributed by atoms with Crippen molar-refractivity contribution in [2.45, 2.75) is 19.3 Å². The van der Waals surface area contributed by atoms with Crippen LogP contribution in [0.5, 0.6) is 0 Å². The number of hydrogen-bond donors (Lipinski definition) is 1. The van der Waals surface area contributed by atoms with E-state index in [1.54, 1.807) is 0 Å². The molecule has 1 saturated carbocycles. The van der Waals surface area contributed by atoms with E-state index in [1.165, 1.54) is 16.2 Å². The van der Waals surface area contributed by atoms with Gasteiger partial charge in [0.2, 0.25) is 5.91 Å². The number of hydrogen-bond acceptors (Lipinski definition) is 5. The number of anilines is 1. The summed E-state index contributed by atoms with van der Waals surface area (Å²) in [6, 6.07) is 1.90. The number of carbonyl (C=O) groups excluding carboxylic acids is 2. The molecule has 3 aliphatic rings. The monoisotopic (exact) mass is 349 g/mol. The van der Waals surface area contributed by atoms with Gasteiger partial charge in [-0.3, -0.25) is 14.5 Å². The lowest BCUT2D eigenvalue weighted by atomic mass is 10.3. The maximum atomic E-state index is 12.4. The third-order valence-electron chi connectivity index (χ3n) is 4.87. The van der Waals surface area contributed by atoms with E-state index in [-0.39, 0.29) is 17.7 Å². The van der Waals surface area contributed by atoms with Crippen molar-refractivity contribution < 1.29 is 14.3 Å². The van der Waals surface area contributed by atoms with Crippen molar-refractivity contribution in [3.8, 4) is 0 Å². The molecule has 3 heterocycles. The summed E-state index contributed by atoms with van der Waals surface area (Å²) in [6.07, 6.45) is 2.91. The molecular formula is C17H23N3O3S. The first-order valence-electron chi connectivity index (χ1n) is 8.75. The Morgan fingerprint density at radius 2 is 2.04 bits per heavy atom. The predicted molar refractivity (Wildman–Crippen MR) is 92.7 cm³/mol. The summed E-state index contributed by atoms with van der Waals surface area (Å²) < 4.78 is 5.32. The van der Waals surface area contributed by atoms with Gasteiger partial charge in [-0.2, -0.15) is 0 Å². The number of amides is 2. The highest BCUT2D eigenvalue weighted by Gasteiger charge is 2.37. The number of thiophene rings is 1. The first kappa shape index (κ1) is 16.1. The van der Waals surface area contributed by atoms with Crippen LogP contribution in [-0.4, -0.2) is 62.7 Å². The van der Waals surface area contributed by atoms with E-state index in [2.05, 4.69) is 10.2 Å². The third-order valence-corrected chi connectivity index (χ3v) is 6.06. The Morgan fingerprint density at radius 3 is 2.79 bits per heavy atom. The molecule has 24 heavy (non-hydrogen) atoms. The zero-order chi connectivity index (χ0) is 16.5. The molecule has 0 radical (unpaired) electrons. The van der Waals surface area contributed by atoms with Gasteiger partial charge in [-0.1, -0.05) is 0 Å². The molecule has 7 heteroatoms. The van der Waals surface area contributed by atoms with Crippen LogP contribution in [0.4, 0.5) is 5.69 Å². The number of carbonyl (C=O) groups is 2. The van der Waals surface area contributed by atoms with Gasteiger partial charge in [-0.05, 0) is 18.9 Å². The molecule has 6 nitrogen and oxygen atoms in total. The van der Waals surface area contributed by atoms with Crippen molar-refractivity contribution in [3.63, 3.8) is 0 Å². The van der Waals surface area contributed by atoms with Crippen LogP contribution in [0.3, 0.4) is 0 Å². The first-order chi connectivity index (χ1) is 11.7. The summed E-state index contributed by atoms with van der Waals surface area (Å²) in [6.45, 7) is 5.68. The maximum Gasteiger partial charge on any atom is 0.261 e. The maximum absolute atomic E-state index is 12.4. The zero-order valence-electron chi connectivity index (χ0n) is 13.8. The smallest absolute Gasteiger partial charge is 0.261 e.